The number of amides is 1. The molecule has 2 atom stereocenters. The lowest BCUT2D eigenvalue weighted by Crippen LogP contribution is -2.59. The summed E-state index contributed by atoms with van der Waals surface area (Å²) in [7, 11) is 2.82. The number of quaternary nitrogens is 1. The Bertz CT molecular complexity index is 1070. The molecule has 2 aromatic rings. The number of carbonyl (C=O) groups is 2. The molecule has 1 amide bonds. The van der Waals surface area contributed by atoms with Crippen molar-refractivity contribution in [1.82, 2.24) is 4.90 Å². The Morgan fingerprint density at radius 1 is 1.09 bits per heavy atom. The Balaban J connectivity index is 2.15. The molecule has 0 aliphatic carbocycles. The van der Waals surface area contributed by atoms with Crippen LogP contribution in [-0.4, -0.2) is 61.3 Å². The largest absolute Gasteiger partial charge is 0.497 e. The summed E-state index contributed by atoms with van der Waals surface area (Å²) < 4.78 is 66.8. The predicted molar refractivity (Wildman–Crippen MR) is 109 cm³/mol. The van der Waals surface area contributed by atoms with E-state index in [9.17, 15) is 31.5 Å². The lowest BCUT2D eigenvalue weighted by atomic mass is 9.89. The summed E-state index contributed by atoms with van der Waals surface area (Å²) in [6.07, 6.45) is -3.70. The highest BCUT2D eigenvalue weighted by molar-refractivity contribution is 5.78. The van der Waals surface area contributed by atoms with Crippen LogP contribution in [0.25, 0.3) is 5.57 Å². The first-order valence-corrected chi connectivity index (χ1v) is 9.98. The molecule has 0 saturated heterocycles. The van der Waals surface area contributed by atoms with Crippen LogP contribution in [0, 0.1) is 11.6 Å². The minimum absolute atomic E-state index is 0.119. The number of hydrogen-bond acceptors (Lipinski definition) is 3. The SMILES string of the molecule is CN(C)C(=O)C[N+]1(OC(=O)C(F)(F)F)CC(c2cc(F)ccc2F)=CC(c2ccccc2)C1. The zero-order valence-corrected chi connectivity index (χ0v) is 17.9. The van der Waals surface area contributed by atoms with Crippen molar-refractivity contribution in [1.29, 1.82) is 0 Å². The molecule has 0 spiro atoms. The molecule has 1 aliphatic rings. The monoisotopic (exact) mass is 469 g/mol. The number of hydrogen-bond donors (Lipinski definition) is 0. The van der Waals surface area contributed by atoms with Gasteiger partial charge in [-0.25, -0.2) is 13.6 Å². The van der Waals surface area contributed by atoms with Crippen LogP contribution in [0.4, 0.5) is 22.0 Å². The lowest BCUT2D eigenvalue weighted by Gasteiger charge is -2.40. The minimum Gasteiger partial charge on any atom is -0.344 e. The highest BCUT2D eigenvalue weighted by Gasteiger charge is 2.51. The molecule has 3 rings (SSSR count). The van der Waals surface area contributed by atoms with E-state index in [1.807, 2.05) is 0 Å². The number of carbonyl (C=O) groups excluding carboxylic acids is 2. The maximum Gasteiger partial charge on any atom is 0.497 e. The lowest BCUT2D eigenvalue weighted by molar-refractivity contribution is -1.08. The van der Waals surface area contributed by atoms with Gasteiger partial charge in [0.2, 0.25) is 0 Å². The molecule has 176 valence electrons. The number of alkyl halides is 3. The fraction of sp³-hybridized carbons (Fsp3) is 0.304. The summed E-state index contributed by atoms with van der Waals surface area (Å²) in [5, 5.41) is 0. The van der Waals surface area contributed by atoms with Gasteiger partial charge in [-0.1, -0.05) is 36.4 Å². The maximum absolute atomic E-state index is 14.6. The van der Waals surface area contributed by atoms with Gasteiger partial charge in [-0.15, -0.1) is 4.65 Å². The topological polar surface area (TPSA) is 46.6 Å². The number of benzene rings is 2. The molecule has 0 aromatic heterocycles. The quantitative estimate of drug-likeness (QED) is 0.490. The van der Waals surface area contributed by atoms with Gasteiger partial charge in [-0.3, -0.25) is 9.63 Å². The summed E-state index contributed by atoms with van der Waals surface area (Å²) in [4.78, 5) is 30.5. The van der Waals surface area contributed by atoms with E-state index in [0.717, 1.165) is 23.1 Å². The Labute approximate surface area is 187 Å². The normalized spacial score (nSPS) is 20.7. The van der Waals surface area contributed by atoms with E-state index >= 15 is 0 Å². The molecule has 0 saturated carbocycles. The van der Waals surface area contributed by atoms with Gasteiger partial charge in [0.15, 0.2) is 6.54 Å². The van der Waals surface area contributed by atoms with Crippen molar-refractivity contribution in [3.8, 4) is 0 Å². The van der Waals surface area contributed by atoms with Crippen molar-refractivity contribution >= 4 is 17.4 Å². The van der Waals surface area contributed by atoms with Crippen LogP contribution in [0.3, 0.4) is 0 Å². The van der Waals surface area contributed by atoms with Crippen LogP contribution in [0.15, 0.2) is 54.6 Å². The standard InChI is InChI=1S/C23H22F5N2O3/c1-29(2)21(31)14-30(33-22(32)23(26,27)28)12-16(15-6-4-3-5-7-15)10-17(13-30)19-11-18(24)8-9-20(19)25/h3-11,16H,12-14H2,1-2H3/q+1. The second-order valence-corrected chi connectivity index (χ2v) is 8.05. The Hall–Kier alpha value is -3.27. The van der Waals surface area contributed by atoms with E-state index in [1.54, 1.807) is 36.4 Å². The zero-order valence-electron chi connectivity index (χ0n) is 17.9. The minimum atomic E-state index is -5.31. The molecule has 0 fully saturated rings. The Kier molecular flexibility index (Phi) is 6.87. The average molecular weight is 469 g/mol. The molecule has 0 bridgehead atoms. The smallest absolute Gasteiger partial charge is 0.344 e. The van der Waals surface area contributed by atoms with Gasteiger partial charge in [-0.2, -0.15) is 13.2 Å². The van der Waals surface area contributed by atoms with E-state index in [4.69, 9.17) is 4.84 Å². The first kappa shape index (κ1) is 24.4. The van der Waals surface area contributed by atoms with Gasteiger partial charge >= 0.3 is 12.1 Å². The van der Waals surface area contributed by atoms with Crippen molar-refractivity contribution in [3.63, 3.8) is 0 Å². The number of likely N-dealkylation sites (N-methyl/N-ethyl adjacent to an activating group) is 1. The van der Waals surface area contributed by atoms with E-state index in [0.29, 0.717) is 5.56 Å². The summed E-state index contributed by atoms with van der Waals surface area (Å²) in [6.45, 7) is -1.27. The first-order chi connectivity index (χ1) is 15.4. The summed E-state index contributed by atoms with van der Waals surface area (Å²) >= 11 is 0. The van der Waals surface area contributed by atoms with E-state index in [2.05, 4.69) is 0 Å². The molecule has 5 nitrogen and oxygen atoms in total. The summed E-state index contributed by atoms with van der Waals surface area (Å²) in [5.74, 6) is -5.26. The second-order valence-electron chi connectivity index (χ2n) is 8.05. The van der Waals surface area contributed by atoms with Crippen LogP contribution >= 0.6 is 0 Å². The fourth-order valence-electron chi connectivity index (χ4n) is 3.74. The molecular weight excluding hydrogens is 447 g/mol. The highest BCUT2D eigenvalue weighted by atomic mass is 19.4. The van der Waals surface area contributed by atoms with Crippen LogP contribution in [0.2, 0.25) is 0 Å². The predicted octanol–water partition coefficient (Wildman–Crippen LogP) is 4.07. The zero-order chi connectivity index (χ0) is 24.4. The van der Waals surface area contributed by atoms with Crippen molar-refractivity contribution in [2.75, 3.05) is 33.7 Å². The Morgan fingerprint density at radius 2 is 1.76 bits per heavy atom. The van der Waals surface area contributed by atoms with Crippen LogP contribution < -0.4 is 0 Å². The van der Waals surface area contributed by atoms with E-state index in [-0.39, 0.29) is 17.7 Å². The van der Waals surface area contributed by atoms with Crippen LogP contribution in [0.1, 0.15) is 17.0 Å². The molecule has 2 aromatic carbocycles. The third-order valence-electron chi connectivity index (χ3n) is 5.32. The molecule has 1 heterocycles. The fourth-order valence-corrected chi connectivity index (χ4v) is 3.74. The maximum atomic E-state index is 14.6. The molecular formula is C23H22F5N2O3+. The van der Waals surface area contributed by atoms with Gasteiger partial charge in [0, 0.05) is 25.2 Å². The van der Waals surface area contributed by atoms with Crippen LogP contribution in [0.5, 0.6) is 0 Å². The van der Waals surface area contributed by atoms with Gasteiger partial charge in [0.05, 0.1) is 5.92 Å². The highest BCUT2D eigenvalue weighted by Crippen LogP contribution is 2.36. The van der Waals surface area contributed by atoms with Crippen molar-refractivity contribution < 1.29 is 41.0 Å². The van der Waals surface area contributed by atoms with Gasteiger partial charge in [-0.05, 0) is 23.8 Å². The third kappa shape index (κ3) is 5.75. The number of halogens is 5. The molecule has 0 radical (unpaired) electrons. The van der Waals surface area contributed by atoms with E-state index < -0.39 is 53.3 Å². The van der Waals surface area contributed by atoms with Crippen molar-refractivity contribution in [2.24, 2.45) is 0 Å². The summed E-state index contributed by atoms with van der Waals surface area (Å²) in [6, 6.07) is 11.3. The Morgan fingerprint density at radius 3 is 2.36 bits per heavy atom. The second kappa shape index (κ2) is 9.30. The molecule has 10 heteroatoms. The number of nitrogens with zero attached hydrogens (tertiary/aromatic N) is 2. The van der Waals surface area contributed by atoms with Gasteiger partial charge < -0.3 is 4.90 Å². The molecule has 1 aliphatic heterocycles. The molecule has 2 unspecified atom stereocenters. The van der Waals surface area contributed by atoms with Crippen molar-refractivity contribution in [2.45, 2.75) is 12.1 Å². The summed E-state index contributed by atoms with van der Waals surface area (Å²) in [5.41, 5.74) is 0.585. The molecule has 0 N–H and O–H groups in total. The average Bonchev–Trinajstić information content (AvgIpc) is 2.75. The third-order valence-corrected chi connectivity index (χ3v) is 5.32. The number of hydroxylamine groups is 3. The first-order valence-electron chi connectivity index (χ1n) is 9.98. The van der Waals surface area contributed by atoms with Gasteiger partial charge in [0.1, 0.15) is 24.7 Å². The van der Waals surface area contributed by atoms with Crippen molar-refractivity contribution in [3.05, 3.63) is 77.4 Å². The van der Waals surface area contributed by atoms with E-state index in [1.165, 1.54) is 14.1 Å². The molecule has 33 heavy (non-hydrogen) atoms. The van der Waals surface area contributed by atoms with Crippen LogP contribution in [-0.2, 0) is 14.4 Å². The van der Waals surface area contributed by atoms with Gasteiger partial charge in [0.25, 0.3) is 5.91 Å². The number of rotatable bonds is 5.